The van der Waals surface area contributed by atoms with Crippen molar-refractivity contribution < 1.29 is 0 Å². The fourth-order valence-corrected chi connectivity index (χ4v) is 3.67. The minimum atomic E-state index is 0.519. The van der Waals surface area contributed by atoms with E-state index >= 15 is 0 Å². The summed E-state index contributed by atoms with van der Waals surface area (Å²) in [5.74, 6) is 3.18. The number of aryl methyl sites for hydroxylation is 1. The van der Waals surface area contributed by atoms with Crippen LogP contribution in [-0.2, 0) is 19.5 Å². The Labute approximate surface area is 121 Å². The zero-order chi connectivity index (χ0) is 13.9. The summed E-state index contributed by atoms with van der Waals surface area (Å²) in [6, 6.07) is 0.519. The van der Waals surface area contributed by atoms with E-state index in [1.54, 1.807) is 0 Å². The van der Waals surface area contributed by atoms with E-state index in [0.29, 0.717) is 6.04 Å². The Morgan fingerprint density at radius 1 is 1.25 bits per heavy atom. The van der Waals surface area contributed by atoms with Gasteiger partial charge in [-0.1, -0.05) is 13.3 Å². The summed E-state index contributed by atoms with van der Waals surface area (Å²) in [5.41, 5.74) is 5.99. The van der Waals surface area contributed by atoms with Crippen LogP contribution in [0, 0.1) is 5.92 Å². The van der Waals surface area contributed by atoms with Gasteiger partial charge in [-0.05, 0) is 38.1 Å². The smallest absolute Gasteiger partial charge is 0.147 e. The molecular weight excluding hydrogens is 250 g/mol. The van der Waals surface area contributed by atoms with Crippen molar-refractivity contribution in [3.63, 3.8) is 0 Å². The van der Waals surface area contributed by atoms with Crippen molar-refractivity contribution in [2.75, 3.05) is 13.1 Å². The zero-order valence-electron chi connectivity index (χ0n) is 12.6. The average Bonchev–Trinajstić information content (AvgIpc) is 2.91. The number of aromatic nitrogens is 3. The highest BCUT2D eigenvalue weighted by Crippen LogP contribution is 2.26. The number of fused-ring (bicyclic) bond motifs is 1. The van der Waals surface area contributed by atoms with Gasteiger partial charge in [-0.25, -0.2) is 0 Å². The molecule has 0 amide bonds. The predicted molar refractivity (Wildman–Crippen MR) is 79.2 cm³/mol. The van der Waals surface area contributed by atoms with Crippen LogP contribution in [0.25, 0.3) is 0 Å². The molecule has 0 aromatic carbocycles. The number of piperidine rings is 1. The molecule has 2 aliphatic heterocycles. The molecular formula is C15H27N5. The molecule has 20 heavy (non-hydrogen) atoms. The van der Waals surface area contributed by atoms with Crippen LogP contribution in [0.1, 0.15) is 50.7 Å². The summed E-state index contributed by atoms with van der Waals surface area (Å²) in [7, 11) is 0. The van der Waals surface area contributed by atoms with Gasteiger partial charge >= 0.3 is 0 Å². The lowest BCUT2D eigenvalue weighted by Gasteiger charge is -2.38. The Bertz CT molecular complexity index is 441. The SMILES string of the molecule is CCC1CCN(Cc2nnc3n2CCCC3)C(CN)C1. The fourth-order valence-electron chi connectivity index (χ4n) is 3.67. The number of hydrogen-bond acceptors (Lipinski definition) is 4. The third kappa shape index (κ3) is 2.74. The lowest BCUT2D eigenvalue weighted by Crippen LogP contribution is -2.46. The van der Waals surface area contributed by atoms with Crippen molar-refractivity contribution in [3.8, 4) is 0 Å². The van der Waals surface area contributed by atoms with Crippen LogP contribution < -0.4 is 5.73 Å². The Balaban J connectivity index is 1.69. The zero-order valence-corrected chi connectivity index (χ0v) is 12.6. The van der Waals surface area contributed by atoms with Crippen LogP contribution in [0.2, 0.25) is 0 Å². The average molecular weight is 277 g/mol. The monoisotopic (exact) mass is 277 g/mol. The maximum Gasteiger partial charge on any atom is 0.147 e. The van der Waals surface area contributed by atoms with E-state index in [1.807, 2.05) is 0 Å². The molecule has 0 saturated carbocycles. The van der Waals surface area contributed by atoms with Crippen molar-refractivity contribution >= 4 is 0 Å². The largest absolute Gasteiger partial charge is 0.329 e. The Morgan fingerprint density at radius 2 is 2.15 bits per heavy atom. The van der Waals surface area contributed by atoms with Crippen molar-refractivity contribution in [3.05, 3.63) is 11.6 Å². The summed E-state index contributed by atoms with van der Waals surface area (Å²) >= 11 is 0. The summed E-state index contributed by atoms with van der Waals surface area (Å²) in [5, 5.41) is 8.79. The number of nitrogens with zero attached hydrogens (tertiary/aromatic N) is 4. The third-order valence-corrected chi connectivity index (χ3v) is 5.08. The molecule has 2 N–H and O–H groups in total. The van der Waals surface area contributed by atoms with E-state index in [9.17, 15) is 0 Å². The van der Waals surface area contributed by atoms with Gasteiger partial charge in [0.05, 0.1) is 6.54 Å². The first-order chi connectivity index (χ1) is 9.81. The van der Waals surface area contributed by atoms with Crippen LogP contribution >= 0.6 is 0 Å². The first-order valence-electron chi connectivity index (χ1n) is 8.17. The van der Waals surface area contributed by atoms with Gasteiger partial charge in [0.2, 0.25) is 0 Å². The second-order valence-corrected chi connectivity index (χ2v) is 6.30. The lowest BCUT2D eigenvalue weighted by molar-refractivity contribution is 0.103. The minimum absolute atomic E-state index is 0.519. The van der Waals surface area contributed by atoms with Crippen molar-refractivity contribution in [2.45, 2.75) is 64.6 Å². The Hall–Kier alpha value is -0.940. The highest BCUT2D eigenvalue weighted by Gasteiger charge is 2.28. The molecule has 1 saturated heterocycles. The van der Waals surface area contributed by atoms with E-state index in [1.165, 1.54) is 37.9 Å². The number of rotatable bonds is 4. The van der Waals surface area contributed by atoms with Crippen LogP contribution in [-0.4, -0.2) is 38.8 Å². The van der Waals surface area contributed by atoms with Gasteiger partial charge in [0.15, 0.2) is 0 Å². The van der Waals surface area contributed by atoms with Gasteiger partial charge < -0.3 is 10.3 Å². The lowest BCUT2D eigenvalue weighted by atomic mass is 9.89. The quantitative estimate of drug-likeness (QED) is 0.907. The van der Waals surface area contributed by atoms with Gasteiger partial charge in [0.25, 0.3) is 0 Å². The van der Waals surface area contributed by atoms with Gasteiger partial charge in [-0.2, -0.15) is 0 Å². The molecule has 0 bridgehead atoms. The van der Waals surface area contributed by atoms with Crippen molar-refractivity contribution in [1.29, 1.82) is 0 Å². The summed E-state index contributed by atoms with van der Waals surface area (Å²) in [6.07, 6.45) is 7.43. The molecule has 0 spiro atoms. The number of nitrogens with two attached hydrogens (primary N) is 1. The predicted octanol–water partition coefficient (Wildman–Crippen LogP) is 1.56. The van der Waals surface area contributed by atoms with Gasteiger partial charge in [0, 0.05) is 25.6 Å². The molecule has 5 heteroatoms. The van der Waals surface area contributed by atoms with Crippen LogP contribution in [0.15, 0.2) is 0 Å². The first-order valence-corrected chi connectivity index (χ1v) is 8.17. The van der Waals surface area contributed by atoms with E-state index in [-0.39, 0.29) is 0 Å². The van der Waals surface area contributed by atoms with E-state index in [0.717, 1.165) is 44.3 Å². The number of likely N-dealkylation sites (tertiary alicyclic amines) is 1. The highest BCUT2D eigenvalue weighted by molar-refractivity contribution is 5.00. The second-order valence-electron chi connectivity index (χ2n) is 6.30. The molecule has 3 heterocycles. The highest BCUT2D eigenvalue weighted by atomic mass is 15.3. The maximum atomic E-state index is 5.99. The molecule has 0 aliphatic carbocycles. The Kier molecular flexibility index (Phi) is 4.36. The number of hydrogen-bond donors (Lipinski definition) is 1. The summed E-state index contributed by atoms with van der Waals surface area (Å²) < 4.78 is 2.34. The van der Waals surface area contributed by atoms with Gasteiger partial charge in [0.1, 0.15) is 11.6 Å². The van der Waals surface area contributed by atoms with Crippen LogP contribution in [0.3, 0.4) is 0 Å². The molecule has 0 radical (unpaired) electrons. The molecule has 1 aromatic heterocycles. The Morgan fingerprint density at radius 3 is 2.95 bits per heavy atom. The van der Waals surface area contributed by atoms with Gasteiger partial charge in [-0.3, -0.25) is 4.90 Å². The molecule has 5 nitrogen and oxygen atoms in total. The van der Waals surface area contributed by atoms with Gasteiger partial charge in [-0.15, -0.1) is 10.2 Å². The normalized spacial score (nSPS) is 27.5. The fraction of sp³-hybridized carbons (Fsp3) is 0.867. The van der Waals surface area contributed by atoms with Crippen LogP contribution in [0.4, 0.5) is 0 Å². The maximum absolute atomic E-state index is 5.99. The molecule has 2 atom stereocenters. The van der Waals surface area contributed by atoms with Crippen LogP contribution in [0.5, 0.6) is 0 Å². The molecule has 112 valence electrons. The van der Waals surface area contributed by atoms with E-state index in [4.69, 9.17) is 5.73 Å². The molecule has 3 rings (SSSR count). The first kappa shape index (κ1) is 14.0. The third-order valence-electron chi connectivity index (χ3n) is 5.08. The minimum Gasteiger partial charge on any atom is -0.329 e. The second kappa shape index (κ2) is 6.22. The van der Waals surface area contributed by atoms with E-state index in [2.05, 4.69) is 26.6 Å². The summed E-state index contributed by atoms with van der Waals surface area (Å²) in [4.78, 5) is 2.53. The topological polar surface area (TPSA) is 60.0 Å². The van der Waals surface area contributed by atoms with Crippen molar-refractivity contribution in [2.24, 2.45) is 11.7 Å². The van der Waals surface area contributed by atoms with Crippen molar-refractivity contribution in [1.82, 2.24) is 19.7 Å². The molecule has 1 aromatic rings. The molecule has 2 unspecified atom stereocenters. The molecule has 1 fully saturated rings. The summed E-state index contributed by atoms with van der Waals surface area (Å²) in [6.45, 7) is 6.23. The molecule has 2 aliphatic rings. The van der Waals surface area contributed by atoms with E-state index < -0.39 is 0 Å². The standard InChI is InChI=1S/C15H27N5/c1-2-12-6-8-19(13(9-12)10-16)11-15-18-17-14-5-3-4-7-20(14)15/h12-13H,2-11,16H2,1H3.